The van der Waals surface area contributed by atoms with E-state index >= 15 is 0 Å². The van der Waals surface area contributed by atoms with E-state index in [4.69, 9.17) is 0 Å². The molecule has 90 valence electrons. The quantitative estimate of drug-likeness (QED) is 0.752. The van der Waals surface area contributed by atoms with Gasteiger partial charge in [0.05, 0.1) is 11.8 Å². The Morgan fingerprint density at radius 3 is 2.69 bits per heavy atom. The second-order valence-corrected chi connectivity index (χ2v) is 4.34. The number of rotatable bonds is 1. The van der Waals surface area contributed by atoms with Gasteiger partial charge in [-0.3, -0.25) is 4.68 Å². The van der Waals surface area contributed by atoms with Gasteiger partial charge in [-0.2, -0.15) is 5.10 Å². The van der Waals surface area contributed by atoms with Crippen molar-refractivity contribution in [2.75, 3.05) is 0 Å². The van der Waals surface area contributed by atoms with Crippen molar-refractivity contribution in [2.24, 2.45) is 7.05 Å². The number of aromatic nitrogens is 2. The Morgan fingerprint density at radius 2 is 2.19 bits per heavy atom. The zero-order valence-electron chi connectivity index (χ0n) is 8.90. The molecule has 1 aromatic rings. The van der Waals surface area contributed by atoms with E-state index in [1.54, 1.807) is 7.05 Å². The fourth-order valence-electron chi connectivity index (χ4n) is 2.19. The Balaban J connectivity index is 2.30. The molecule has 1 aliphatic rings. The van der Waals surface area contributed by atoms with Crippen molar-refractivity contribution >= 4 is 0 Å². The van der Waals surface area contributed by atoms with E-state index in [9.17, 15) is 19.0 Å². The fourth-order valence-corrected chi connectivity index (χ4v) is 2.19. The average Bonchev–Trinajstić information content (AvgIpc) is 2.59. The third-order valence-electron chi connectivity index (χ3n) is 3.18. The topological polar surface area (TPSA) is 58.3 Å². The summed E-state index contributed by atoms with van der Waals surface area (Å²) in [6.45, 7) is 0. The number of hydrogen-bond acceptors (Lipinski definition) is 3. The Hall–Kier alpha value is -1.01. The first-order valence-corrected chi connectivity index (χ1v) is 5.12. The summed E-state index contributed by atoms with van der Waals surface area (Å²) >= 11 is 0. The molecule has 4 nitrogen and oxygen atoms in total. The molecule has 2 N–H and O–H groups in total. The lowest BCUT2D eigenvalue weighted by atomic mass is 9.78. The number of halogens is 2. The second kappa shape index (κ2) is 3.49. The first-order valence-electron chi connectivity index (χ1n) is 5.12. The Morgan fingerprint density at radius 1 is 1.50 bits per heavy atom. The molecular weight excluding hydrogens is 218 g/mol. The summed E-state index contributed by atoms with van der Waals surface area (Å²) in [7, 11) is 1.60. The van der Waals surface area contributed by atoms with E-state index in [0.717, 1.165) is 0 Å². The second-order valence-electron chi connectivity index (χ2n) is 4.34. The molecule has 0 saturated heterocycles. The van der Waals surface area contributed by atoms with E-state index in [2.05, 4.69) is 5.10 Å². The summed E-state index contributed by atoms with van der Waals surface area (Å²) in [6, 6.07) is 1.53. The summed E-state index contributed by atoms with van der Waals surface area (Å²) < 4.78 is 27.5. The minimum Gasteiger partial charge on any atom is -0.389 e. The van der Waals surface area contributed by atoms with Crippen molar-refractivity contribution < 1.29 is 19.0 Å². The normalized spacial score (nSPS) is 33.9. The fraction of sp³-hybridized carbons (Fsp3) is 0.700. The Labute approximate surface area is 91.5 Å². The van der Waals surface area contributed by atoms with E-state index < -0.39 is 30.5 Å². The van der Waals surface area contributed by atoms with Crippen molar-refractivity contribution in [3.8, 4) is 0 Å². The van der Waals surface area contributed by atoms with Crippen LogP contribution < -0.4 is 0 Å². The van der Waals surface area contributed by atoms with Crippen molar-refractivity contribution in [2.45, 2.75) is 36.9 Å². The van der Waals surface area contributed by atoms with Gasteiger partial charge in [-0.15, -0.1) is 0 Å². The maximum Gasteiger partial charge on any atom is 0.250 e. The number of hydrogen-bond donors (Lipinski definition) is 2. The highest BCUT2D eigenvalue weighted by molar-refractivity contribution is 5.16. The van der Waals surface area contributed by atoms with Gasteiger partial charge in [-0.25, -0.2) is 8.78 Å². The zero-order chi connectivity index (χ0) is 12.0. The molecule has 0 unspecified atom stereocenters. The molecule has 2 atom stereocenters. The highest BCUT2D eigenvalue weighted by Crippen LogP contribution is 2.43. The van der Waals surface area contributed by atoms with Crippen LogP contribution in [0.25, 0.3) is 0 Å². The molecule has 16 heavy (non-hydrogen) atoms. The number of aliphatic hydroxyl groups excluding tert-OH is 1. The highest BCUT2D eigenvalue weighted by atomic mass is 19.3. The predicted molar refractivity (Wildman–Crippen MR) is 51.9 cm³/mol. The van der Waals surface area contributed by atoms with E-state index in [0.29, 0.717) is 5.69 Å². The smallest absolute Gasteiger partial charge is 0.250 e. The molecule has 0 radical (unpaired) electrons. The minimum absolute atomic E-state index is 0.166. The molecule has 1 heterocycles. The molecule has 1 fully saturated rings. The molecule has 0 spiro atoms. The van der Waals surface area contributed by atoms with Gasteiger partial charge >= 0.3 is 0 Å². The third kappa shape index (κ3) is 1.72. The number of aryl methyl sites for hydroxylation is 1. The van der Waals surface area contributed by atoms with Crippen LogP contribution in [0.3, 0.4) is 0 Å². The number of aliphatic hydroxyl groups is 2. The predicted octanol–water partition coefficient (Wildman–Crippen LogP) is 0.788. The molecule has 0 amide bonds. The van der Waals surface area contributed by atoms with Crippen molar-refractivity contribution in [3.05, 3.63) is 18.0 Å². The van der Waals surface area contributed by atoms with Gasteiger partial charge in [0.1, 0.15) is 5.60 Å². The van der Waals surface area contributed by atoms with Crippen LogP contribution in [-0.4, -0.2) is 32.0 Å². The third-order valence-corrected chi connectivity index (χ3v) is 3.18. The molecule has 1 saturated carbocycles. The molecule has 1 aliphatic carbocycles. The van der Waals surface area contributed by atoms with Crippen molar-refractivity contribution in [3.63, 3.8) is 0 Å². The van der Waals surface area contributed by atoms with Gasteiger partial charge < -0.3 is 10.2 Å². The Kier molecular flexibility index (Phi) is 2.51. The van der Waals surface area contributed by atoms with Crippen molar-refractivity contribution in [1.82, 2.24) is 9.78 Å². The maximum atomic E-state index is 13.0. The van der Waals surface area contributed by atoms with Crippen LogP contribution in [0.5, 0.6) is 0 Å². The first-order chi connectivity index (χ1) is 7.35. The standard InChI is InChI=1S/C10H14F2N2O2/c1-14-7(2-5-13-14)10(16)4-3-9(11,12)6-8(10)15/h2,5,8,15-16H,3-4,6H2,1H3/t8-,10+/m1/s1. The van der Waals surface area contributed by atoms with Crippen LogP contribution in [0.15, 0.2) is 12.3 Å². The zero-order valence-corrected chi connectivity index (χ0v) is 8.90. The first kappa shape index (κ1) is 11.5. The summed E-state index contributed by atoms with van der Waals surface area (Å²) in [6.07, 6.45) is -1.31. The average molecular weight is 232 g/mol. The number of alkyl halides is 2. The largest absolute Gasteiger partial charge is 0.389 e. The van der Waals surface area contributed by atoms with Crippen LogP contribution in [0.1, 0.15) is 25.0 Å². The van der Waals surface area contributed by atoms with Gasteiger partial charge in [0.15, 0.2) is 0 Å². The maximum absolute atomic E-state index is 13.0. The van der Waals surface area contributed by atoms with Gasteiger partial charge in [0, 0.05) is 26.1 Å². The molecule has 2 rings (SSSR count). The summed E-state index contributed by atoms with van der Waals surface area (Å²) in [5, 5.41) is 23.8. The SMILES string of the molecule is Cn1nccc1[C@@]1(O)CCC(F)(F)C[C@H]1O. The molecule has 0 aromatic carbocycles. The lowest BCUT2D eigenvalue weighted by Crippen LogP contribution is -2.49. The molecule has 6 heteroatoms. The van der Waals surface area contributed by atoms with Crippen LogP contribution in [0, 0.1) is 0 Å². The summed E-state index contributed by atoms with van der Waals surface area (Å²) in [4.78, 5) is 0. The van der Waals surface area contributed by atoms with Gasteiger partial charge in [0.2, 0.25) is 0 Å². The van der Waals surface area contributed by atoms with Crippen LogP contribution in [0.2, 0.25) is 0 Å². The lowest BCUT2D eigenvalue weighted by molar-refractivity contribution is -0.178. The monoisotopic (exact) mass is 232 g/mol. The summed E-state index contributed by atoms with van der Waals surface area (Å²) in [5.74, 6) is -2.90. The van der Waals surface area contributed by atoms with E-state index in [-0.39, 0.29) is 6.42 Å². The molecule has 0 bridgehead atoms. The molecule has 0 aliphatic heterocycles. The van der Waals surface area contributed by atoms with E-state index in [1.807, 2.05) is 0 Å². The van der Waals surface area contributed by atoms with Crippen LogP contribution in [-0.2, 0) is 12.6 Å². The van der Waals surface area contributed by atoms with Crippen LogP contribution >= 0.6 is 0 Å². The van der Waals surface area contributed by atoms with E-state index in [1.165, 1.54) is 16.9 Å². The van der Waals surface area contributed by atoms with Crippen molar-refractivity contribution in [1.29, 1.82) is 0 Å². The van der Waals surface area contributed by atoms with Gasteiger partial charge in [-0.1, -0.05) is 0 Å². The number of nitrogens with zero attached hydrogens (tertiary/aromatic N) is 2. The molecular formula is C10H14F2N2O2. The molecule has 1 aromatic heterocycles. The minimum atomic E-state index is -2.90. The van der Waals surface area contributed by atoms with Gasteiger partial charge in [-0.05, 0) is 12.5 Å². The van der Waals surface area contributed by atoms with Gasteiger partial charge in [0.25, 0.3) is 5.92 Å². The van der Waals surface area contributed by atoms with Crippen LogP contribution in [0.4, 0.5) is 8.78 Å². The Bertz CT molecular complexity index is 394. The summed E-state index contributed by atoms with van der Waals surface area (Å²) in [5.41, 5.74) is -1.25. The highest BCUT2D eigenvalue weighted by Gasteiger charge is 2.50. The lowest BCUT2D eigenvalue weighted by Gasteiger charge is -2.40.